The lowest BCUT2D eigenvalue weighted by Crippen LogP contribution is -2.15. The van der Waals surface area contributed by atoms with Gasteiger partial charge in [0.1, 0.15) is 10.7 Å². The predicted molar refractivity (Wildman–Crippen MR) is 112 cm³/mol. The zero-order valence-corrected chi connectivity index (χ0v) is 17.3. The van der Waals surface area contributed by atoms with Crippen LogP contribution in [-0.4, -0.2) is 26.4 Å². The monoisotopic (exact) mass is 473 g/mol. The Balaban J connectivity index is 1.65. The van der Waals surface area contributed by atoms with E-state index in [9.17, 15) is 19.1 Å². The molecule has 2 heterocycles. The number of anilines is 1. The van der Waals surface area contributed by atoms with Crippen LogP contribution in [0.4, 0.5) is 10.1 Å². The highest BCUT2D eigenvalue weighted by atomic mass is 79.9. The molecule has 2 aromatic carbocycles. The number of halogens is 2. The molecule has 0 aliphatic heterocycles. The van der Waals surface area contributed by atoms with Crippen LogP contribution in [0.3, 0.4) is 0 Å². The molecule has 146 valence electrons. The number of aromatic carboxylic acids is 1. The molecule has 0 atom stereocenters. The molecule has 0 aliphatic carbocycles. The Hall–Kier alpha value is -3.04. The SMILES string of the molecule is Cc1c(C(=O)Nc2ccc(Br)cc2C(=O)O)sc2nc(-c3ccc(F)cc3)cn12. The van der Waals surface area contributed by atoms with Crippen LogP contribution < -0.4 is 5.32 Å². The highest BCUT2D eigenvalue weighted by Crippen LogP contribution is 2.29. The molecule has 0 bridgehead atoms. The fraction of sp³-hybridized carbons (Fsp3) is 0.0500. The number of hydrogen-bond acceptors (Lipinski definition) is 4. The van der Waals surface area contributed by atoms with Gasteiger partial charge in [0.15, 0.2) is 4.96 Å². The van der Waals surface area contributed by atoms with E-state index in [1.54, 1.807) is 35.7 Å². The lowest BCUT2D eigenvalue weighted by molar-refractivity contribution is 0.0698. The summed E-state index contributed by atoms with van der Waals surface area (Å²) in [5.41, 5.74) is 2.33. The van der Waals surface area contributed by atoms with E-state index in [4.69, 9.17) is 0 Å². The number of benzene rings is 2. The fourth-order valence-electron chi connectivity index (χ4n) is 2.90. The first-order valence-electron chi connectivity index (χ1n) is 8.42. The molecule has 9 heteroatoms. The Labute approximate surface area is 176 Å². The minimum absolute atomic E-state index is 0.00897. The summed E-state index contributed by atoms with van der Waals surface area (Å²) in [4.78, 5) is 29.8. The zero-order valence-electron chi connectivity index (χ0n) is 14.9. The Morgan fingerprint density at radius 3 is 2.59 bits per heavy atom. The summed E-state index contributed by atoms with van der Waals surface area (Å²) in [6.07, 6.45) is 1.79. The summed E-state index contributed by atoms with van der Waals surface area (Å²) < 4.78 is 15.5. The number of fused-ring (bicyclic) bond motifs is 1. The average Bonchev–Trinajstić information content (AvgIpc) is 3.23. The Morgan fingerprint density at radius 2 is 1.93 bits per heavy atom. The Kier molecular flexibility index (Phi) is 4.93. The Morgan fingerprint density at radius 1 is 1.21 bits per heavy atom. The molecule has 1 amide bonds. The van der Waals surface area contributed by atoms with E-state index in [1.807, 2.05) is 0 Å². The molecular weight excluding hydrogens is 461 g/mol. The maximum atomic E-state index is 13.1. The molecule has 0 saturated carbocycles. The van der Waals surface area contributed by atoms with Crippen LogP contribution in [0.5, 0.6) is 0 Å². The van der Waals surface area contributed by atoms with Gasteiger partial charge in [-0.05, 0) is 49.4 Å². The van der Waals surface area contributed by atoms with Crippen molar-refractivity contribution >= 4 is 49.8 Å². The standard InChI is InChI=1S/C20H13BrFN3O3S/c1-10-17(18(26)23-15-7-4-12(21)8-14(15)19(27)28)29-20-24-16(9-25(10)20)11-2-5-13(22)6-3-11/h2-9H,1H3,(H,23,26)(H,27,28). The molecule has 0 aliphatic rings. The average molecular weight is 474 g/mol. The van der Waals surface area contributed by atoms with Crippen molar-refractivity contribution in [1.29, 1.82) is 0 Å². The number of thiazole rings is 1. The number of nitrogens with one attached hydrogen (secondary N) is 1. The summed E-state index contributed by atoms with van der Waals surface area (Å²) in [6.45, 7) is 1.79. The van der Waals surface area contributed by atoms with Crippen LogP contribution in [0.15, 0.2) is 53.1 Å². The number of imidazole rings is 1. The summed E-state index contributed by atoms with van der Waals surface area (Å²) in [5.74, 6) is -1.87. The van der Waals surface area contributed by atoms with Crippen molar-refractivity contribution in [3.63, 3.8) is 0 Å². The van der Waals surface area contributed by atoms with Gasteiger partial charge in [-0.25, -0.2) is 14.2 Å². The topological polar surface area (TPSA) is 83.7 Å². The largest absolute Gasteiger partial charge is 0.478 e. The second-order valence-corrected chi connectivity index (χ2v) is 8.14. The van der Waals surface area contributed by atoms with Gasteiger partial charge in [0.25, 0.3) is 5.91 Å². The van der Waals surface area contributed by atoms with Crippen LogP contribution >= 0.6 is 27.3 Å². The molecular formula is C20H13BrFN3O3S. The molecule has 0 fully saturated rings. The van der Waals surface area contributed by atoms with Gasteiger partial charge in [0.2, 0.25) is 0 Å². The molecule has 0 radical (unpaired) electrons. The molecule has 0 unspecified atom stereocenters. The van der Waals surface area contributed by atoms with E-state index in [-0.39, 0.29) is 17.1 Å². The smallest absolute Gasteiger partial charge is 0.337 e. The minimum Gasteiger partial charge on any atom is -0.478 e. The van der Waals surface area contributed by atoms with Crippen LogP contribution in [0.1, 0.15) is 25.7 Å². The second kappa shape index (κ2) is 7.41. The first-order chi connectivity index (χ1) is 13.8. The van der Waals surface area contributed by atoms with Crippen molar-refractivity contribution in [2.75, 3.05) is 5.32 Å². The third kappa shape index (κ3) is 3.66. The minimum atomic E-state index is -1.14. The number of carboxylic acid groups (broad SMARTS) is 1. The van der Waals surface area contributed by atoms with Gasteiger partial charge in [-0.2, -0.15) is 0 Å². The van der Waals surface area contributed by atoms with Gasteiger partial charge in [-0.15, -0.1) is 0 Å². The number of nitrogens with zero attached hydrogens (tertiary/aromatic N) is 2. The van der Waals surface area contributed by atoms with E-state index in [0.29, 0.717) is 25.7 Å². The van der Waals surface area contributed by atoms with Crippen LogP contribution in [0, 0.1) is 12.7 Å². The molecule has 29 heavy (non-hydrogen) atoms. The van der Waals surface area contributed by atoms with Crippen LogP contribution in [-0.2, 0) is 0 Å². The van der Waals surface area contributed by atoms with Gasteiger partial charge >= 0.3 is 5.97 Å². The number of carboxylic acids is 1. The summed E-state index contributed by atoms with van der Waals surface area (Å²) >= 11 is 4.43. The number of carbonyl (C=O) groups is 2. The maximum absolute atomic E-state index is 13.1. The van der Waals surface area contributed by atoms with Gasteiger partial charge in [0, 0.05) is 21.9 Å². The van der Waals surface area contributed by atoms with E-state index < -0.39 is 11.9 Å². The lowest BCUT2D eigenvalue weighted by atomic mass is 10.1. The van der Waals surface area contributed by atoms with Crippen molar-refractivity contribution < 1.29 is 19.1 Å². The lowest BCUT2D eigenvalue weighted by Gasteiger charge is -2.08. The normalized spacial score (nSPS) is 11.0. The third-order valence-corrected chi connectivity index (χ3v) is 6.01. The molecule has 0 spiro atoms. The van der Waals surface area contributed by atoms with Gasteiger partial charge in [-0.1, -0.05) is 27.3 Å². The molecule has 0 saturated heterocycles. The second-order valence-electron chi connectivity index (χ2n) is 6.25. The molecule has 2 aromatic heterocycles. The van der Waals surface area contributed by atoms with Crippen molar-refractivity contribution in [1.82, 2.24) is 9.38 Å². The van der Waals surface area contributed by atoms with Crippen molar-refractivity contribution in [2.24, 2.45) is 0 Å². The summed E-state index contributed by atoms with van der Waals surface area (Å²) in [7, 11) is 0. The third-order valence-electron chi connectivity index (χ3n) is 4.36. The molecule has 2 N–H and O–H groups in total. The van der Waals surface area contributed by atoms with Crippen molar-refractivity contribution in [3.05, 3.63) is 75.1 Å². The van der Waals surface area contributed by atoms with Gasteiger partial charge < -0.3 is 10.4 Å². The highest BCUT2D eigenvalue weighted by Gasteiger charge is 2.20. The summed E-state index contributed by atoms with van der Waals surface area (Å²) in [5, 5.41) is 12.0. The number of amides is 1. The number of rotatable bonds is 4. The Bertz CT molecular complexity index is 1260. The summed E-state index contributed by atoms with van der Waals surface area (Å²) in [6, 6.07) is 10.6. The number of hydrogen-bond donors (Lipinski definition) is 2. The highest BCUT2D eigenvalue weighted by molar-refractivity contribution is 9.10. The first kappa shape index (κ1) is 19.3. The van der Waals surface area contributed by atoms with Gasteiger partial charge in [-0.3, -0.25) is 9.20 Å². The number of aryl methyl sites for hydroxylation is 1. The van der Waals surface area contributed by atoms with E-state index in [0.717, 1.165) is 5.56 Å². The number of carbonyl (C=O) groups excluding carboxylic acids is 1. The molecule has 6 nitrogen and oxygen atoms in total. The van der Waals surface area contributed by atoms with E-state index >= 15 is 0 Å². The van der Waals surface area contributed by atoms with Gasteiger partial charge in [0.05, 0.1) is 16.9 Å². The predicted octanol–water partition coefficient (Wildman–Crippen LogP) is 5.22. The van der Waals surface area contributed by atoms with Crippen molar-refractivity contribution in [3.8, 4) is 11.3 Å². The first-order valence-corrected chi connectivity index (χ1v) is 10.0. The maximum Gasteiger partial charge on any atom is 0.337 e. The zero-order chi connectivity index (χ0) is 20.7. The molecule has 4 aromatic rings. The van der Waals surface area contributed by atoms with Crippen molar-refractivity contribution in [2.45, 2.75) is 6.92 Å². The molecule has 4 rings (SSSR count). The van der Waals surface area contributed by atoms with E-state index in [2.05, 4.69) is 26.2 Å². The van der Waals surface area contributed by atoms with E-state index in [1.165, 1.54) is 35.6 Å². The fourth-order valence-corrected chi connectivity index (χ4v) is 4.27. The quantitative estimate of drug-likeness (QED) is 0.425. The van der Waals surface area contributed by atoms with Crippen LogP contribution in [0.2, 0.25) is 0 Å². The number of aromatic nitrogens is 2. The van der Waals surface area contributed by atoms with Crippen LogP contribution in [0.25, 0.3) is 16.2 Å².